The fourth-order valence-electron chi connectivity index (χ4n) is 2.02. The summed E-state index contributed by atoms with van der Waals surface area (Å²) < 4.78 is 0. The Hall–Kier alpha value is -2.20. The molecule has 0 N–H and O–H groups in total. The standard InChI is InChI=1S/C17H15N3S/c1-13-4-2-5-14(10-13)12-21-17-8-7-16(19-20-17)15-6-3-9-18-11-15/h2-11H,12H2,1H3. The number of benzene rings is 1. The van der Waals surface area contributed by atoms with Crippen LogP contribution in [0.25, 0.3) is 11.3 Å². The van der Waals surface area contributed by atoms with Gasteiger partial charge in [0.05, 0.1) is 5.69 Å². The molecule has 0 spiro atoms. The van der Waals surface area contributed by atoms with Gasteiger partial charge >= 0.3 is 0 Å². The van der Waals surface area contributed by atoms with Crippen LogP contribution in [-0.2, 0) is 5.75 Å². The first kappa shape index (κ1) is 13.8. The number of hydrogen-bond acceptors (Lipinski definition) is 4. The first-order valence-electron chi connectivity index (χ1n) is 6.74. The SMILES string of the molecule is Cc1cccc(CSc2ccc(-c3cccnc3)nn2)c1. The van der Waals surface area contributed by atoms with Gasteiger partial charge in [-0.1, -0.05) is 41.6 Å². The predicted octanol–water partition coefficient (Wildman–Crippen LogP) is 4.14. The minimum absolute atomic E-state index is 0.850. The molecule has 104 valence electrons. The van der Waals surface area contributed by atoms with Crippen LogP contribution < -0.4 is 0 Å². The van der Waals surface area contributed by atoms with Crippen LogP contribution in [0.2, 0.25) is 0 Å². The van der Waals surface area contributed by atoms with Crippen LogP contribution in [-0.4, -0.2) is 15.2 Å². The molecular formula is C17H15N3S. The van der Waals surface area contributed by atoms with E-state index >= 15 is 0 Å². The number of thioether (sulfide) groups is 1. The lowest BCUT2D eigenvalue weighted by Gasteiger charge is -2.03. The summed E-state index contributed by atoms with van der Waals surface area (Å²) in [7, 11) is 0. The third-order valence-electron chi connectivity index (χ3n) is 3.07. The number of pyridine rings is 1. The van der Waals surface area contributed by atoms with Crippen LogP contribution in [0.1, 0.15) is 11.1 Å². The van der Waals surface area contributed by atoms with Gasteiger partial charge < -0.3 is 0 Å². The van der Waals surface area contributed by atoms with Crippen molar-refractivity contribution in [3.8, 4) is 11.3 Å². The molecule has 0 amide bonds. The molecule has 0 saturated carbocycles. The van der Waals surface area contributed by atoms with Crippen molar-refractivity contribution in [3.63, 3.8) is 0 Å². The highest BCUT2D eigenvalue weighted by Gasteiger charge is 2.02. The van der Waals surface area contributed by atoms with Crippen molar-refractivity contribution in [2.24, 2.45) is 0 Å². The Morgan fingerprint density at radius 2 is 1.95 bits per heavy atom. The summed E-state index contributed by atoms with van der Waals surface area (Å²) in [6.45, 7) is 2.11. The second-order valence-electron chi connectivity index (χ2n) is 4.78. The highest BCUT2D eigenvalue weighted by atomic mass is 32.2. The van der Waals surface area contributed by atoms with Gasteiger partial charge in [0, 0.05) is 23.7 Å². The van der Waals surface area contributed by atoms with Crippen molar-refractivity contribution in [2.75, 3.05) is 0 Å². The molecule has 0 aliphatic rings. The minimum atomic E-state index is 0.850. The molecule has 4 heteroatoms. The van der Waals surface area contributed by atoms with Gasteiger partial charge in [0.1, 0.15) is 5.03 Å². The largest absolute Gasteiger partial charge is 0.264 e. The summed E-state index contributed by atoms with van der Waals surface area (Å²) in [6, 6.07) is 16.4. The minimum Gasteiger partial charge on any atom is -0.264 e. The molecule has 2 aromatic heterocycles. The normalized spacial score (nSPS) is 10.5. The number of aryl methyl sites for hydroxylation is 1. The molecule has 2 heterocycles. The Balaban J connectivity index is 1.68. The van der Waals surface area contributed by atoms with Gasteiger partial charge in [0.15, 0.2) is 0 Å². The second-order valence-corrected chi connectivity index (χ2v) is 5.77. The zero-order valence-electron chi connectivity index (χ0n) is 11.7. The number of aromatic nitrogens is 3. The van der Waals surface area contributed by atoms with Gasteiger partial charge in [-0.2, -0.15) is 0 Å². The number of hydrogen-bond donors (Lipinski definition) is 0. The van der Waals surface area contributed by atoms with E-state index in [-0.39, 0.29) is 0 Å². The summed E-state index contributed by atoms with van der Waals surface area (Å²) >= 11 is 1.70. The van der Waals surface area contributed by atoms with Crippen LogP contribution in [0, 0.1) is 6.92 Å². The van der Waals surface area contributed by atoms with Crippen LogP contribution in [0.5, 0.6) is 0 Å². The molecule has 21 heavy (non-hydrogen) atoms. The third-order valence-corrected chi connectivity index (χ3v) is 4.06. The van der Waals surface area contributed by atoms with Crippen molar-refractivity contribution < 1.29 is 0 Å². The Morgan fingerprint density at radius 1 is 1.00 bits per heavy atom. The summed E-state index contributed by atoms with van der Waals surface area (Å²) in [5.41, 5.74) is 4.42. The smallest absolute Gasteiger partial charge is 0.119 e. The van der Waals surface area contributed by atoms with Crippen molar-refractivity contribution in [3.05, 3.63) is 72.1 Å². The number of nitrogens with zero attached hydrogens (tertiary/aromatic N) is 3. The van der Waals surface area contributed by atoms with Gasteiger partial charge in [-0.05, 0) is 36.8 Å². The molecule has 1 aromatic carbocycles. The van der Waals surface area contributed by atoms with Crippen LogP contribution in [0.3, 0.4) is 0 Å². The Morgan fingerprint density at radius 3 is 2.67 bits per heavy atom. The Bertz CT molecular complexity index is 712. The molecule has 0 aliphatic carbocycles. The van der Waals surface area contributed by atoms with E-state index in [1.165, 1.54) is 11.1 Å². The maximum Gasteiger partial charge on any atom is 0.119 e. The van der Waals surface area contributed by atoms with Crippen molar-refractivity contribution in [1.82, 2.24) is 15.2 Å². The fourth-order valence-corrected chi connectivity index (χ4v) is 2.78. The lowest BCUT2D eigenvalue weighted by molar-refractivity contribution is 0.934. The van der Waals surface area contributed by atoms with Crippen molar-refractivity contribution in [1.29, 1.82) is 0 Å². The number of rotatable bonds is 4. The van der Waals surface area contributed by atoms with Gasteiger partial charge in [0.2, 0.25) is 0 Å². The van der Waals surface area contributed by atoms with Crippen LogP contribution in [0.15, 0.2) is 66.0 Å². The van der Waals surface area contributed by atoms with E-state index in [0.717, 1.165) is 22.0 Å². The Labute approximate surface area is 128 Å². The van der Waals surface area contributed by atoms with E-state index in [1.54, 1.807) is 24.2 Å². The first-order chi connectivity index (χ1) is 10.3. The highest BCUT2D eigenvalue weighted by molar-refractivity contribution is 7.98. The molecule has 0 saturated heterocycles. The molecule has 3 rings (SSSR count). The lowest BCUT2D eigenvalue weighted by Crippen LogP contribution is -1.90. The second kappa shape index (κ2) is 6.50. The quantitative estimate of drug-likeness (QED) is 0.678. The van der Waals surface area contributed by atoms with E-state index in [2.05, 4.69) is 46.4 Å². The first-order valence-corrected chi connectivity index (χ1v) is 7.72. The molecule has 0 fully saturated rings. The molecule has 3 aromatic rings. The lowest BCUT2D eigenvalue weighted by atomic mass is 10.2. The monoisotopic (exact) mass is 293 g/mol. The molecule has 0 unspecified atom stereocenters. The molecule has 3 nitrogen and oxygen atoms in total. The molecular weight excluding hydrogens is 278 g/mol. The molecule has 0 bridgehead atoms. The average molecular weight is 293 g/mol. The van der Waals surface area contributed by atoms with Crippen molar-refractivity contribution >= 4 is 11.8 Å². The molecule has 0 radical (unpaired) electrons. The van der Waals surface area contributed by atoms with Gasteiger partial charge in [-0.3, -0.25) is 4.98 Å². The average Bonchev–Trinajstić information content (AvgIpc) is 2.54. The summed E-state index contributed by atoms with van der Waals surface area (Å²) in [4.78, 5) is 4.09. The van der Waals surface area contributed by atoms with E-state index in [1.807, 2.05) is 24.3 Å². The van der Waals surface area contributed by atoms with E-state index < -0.39 is 0 Å². The van der Waals surface area contributed by atoms with E-state index in [4.69, 9.17) is 0 Å². The van der Waals surface area contributed by atoms with Gasteiger partial charge in [-0.25, -0.2) is 0 Å². The molecule has 0 aliphatic heterocycles. The predicted molar refractivity (Wildman–Crippen MR) is 86.0 cm³/mol. The highest BCUT2D eigenvalue weighted by Crippen LogP contribution is 2.22. The van der Waals surface area contributed by atoms with Gasteiger partial charge in [0.25, 0.3) is 0 Å². The zero-order chi connectivity index (χ0) is 14.5. The van der Waals surface area contributed by atoms with Crippen LogP contribution >= 0.6 is 11.8 Å². The molecule has 0 atom stereocenters. The van der Waals surface area contributed by atoms with E-state index in [0.29, 0.717) is 0 Å². The summed E-state index contributed by atoms with van der Waals surface area (Å²) in [5, 5.41) is 9.48. The fraction of sp³-hybridized carbons (Fsp3) is 0.118. The van der Waals surface area contributed by atoms with Gasteiger partial charge in [-0.15, -0.1) is 10.2 Å². The maximum absolute atomic E-state index is 4.28. The summed E-state index contributed by atoms with van der Waals surface area (Å²) in [5.74, 6) is 0.905. The van der Waals surface area contributed by atoms with Crippen LogP contribution in [0.4, 0.5) is 0 Å². The zero-order valence-corrected chi connectivity index (χ0v) is 12.5. The Kier molecular flexibility index (Phi) is 4.26. The van der Waals surface area contributed by atoms with Crippen molar-refractivity contribution in [2.45, 2.75) is 17.7 Å². The van der Waals surface area contributed by atoms with E-state index in [9.17, 15) is 0 Å². The maximum atomic E-state index is 4.28. The topological polar surface area (TPSA) is 38.7 Å². The summed E-state index contributed by atoms with van der Waals surface area (Å²) in [6.07, 6.45) is 3.55. The third kappa shape index (κ3) is 3.67.